The van der Waals surface area contributed by atoms with Crippen LogP contribution < -0.4 is 20.7 Å². The zero-order valence-corrected chi connectivity index (χ0v) is 15.3. The monoisotopic (exact) mass is 355 g/mol. The molecule has 26 heavy (non-hydrogen) atoms. The van der Waals surface area contributed by atoms with Gasteiger partial charge in [0.05, 0.1) is 18.3 Å². The van der Waals surface area contributed by atoms with Crippen molar-refractivity contribution in [3.05, 3.63) is 54.1 Å². The summed E-state index contributed by atoms with van der Waals surface area (Å²) in [6.07, 6.45) is 0.0452. The number of benzene rings is 2. The molecule has 2 rings (SSSR count). The third-order valence-electron chi connectivity index (χ3n) is 3.43. The fraction of sp³-hybridized carbons (Fsp3) is 0.300. The van der Waals surface area contributed by atoms with Crippen LogP contribution in [0.25, 0.3) is 0 Å². The first-order valence-corrected chi connectivity index (χ1v) is 8.67. The highest BCUT2D eigenvalue weighted by Crippen LogP contribution is 2.24. The van der Waals surface area contributed by atoms with Gasteiger partial charge in [0.15, 0.2) is 0 Å². The Balaban J connectivity index is 1.96. The summed E-state index contributed by atoms with van der Waals surface area (Å²) < 4.78 is 5.72. The molecule has 0 aliphatic rings. The third kappa shape index (κ3) is 5.81. The van der Waals surface area contributed by atoms with Crippen LogP contribution in [0.2, 0.25) is 0 Å². The number of carbonyl (C=O) groups excluding carboxylic acids is 2. The van der Waals surface area contributed by atoms with E-state index in [-0.39, 0.29) is 24.5 Å². The second-order valence-corrected chi connectivity index (χ2v) is 6.00. The highest BCUT2D eigenvalue weighted by molar-refractivity contribution is 5.98. The lowest BCUT2D eigenvalue weighted by Crippen LogP contribution is -2.24. The summed E-state index contributed by atoms with van der Waals surface area (Å²) in [6, 6.07) is 14.3. The van der Waals surface area contributed by atoms with Gasteiger partial charge in [-0.25, -0.2) is 0 Å². The van der Waals surface area contributed by atoms with Gasteiger partial charge in [-0.2, -0.15) is 0 Å². The summed E-state index contributed by atoms with van der Waals surface area (Å²) in [6.45, 7) is 6.40. The van der Waals surface area contributed by atoms with Gasteiger partial charge in [-0.15, -0.1) is 0 Å². The van der Waals surface area contributed by atoms with E-state index in [9.17, 15) is 9.59 Å². The SMILES string of the molecule is CCNC(=O)c1cccc(NC(=O)CNc2ccccc2OC(C)C)c1. The van der Waals surface area contributed by atoms with Crippen molar-refractivity contribution < 1.29 is 14.3 Å². The third-order valence-corrected chi connectivity index (χ3v) is 3.43. The molecule has 2 aromatic rings. The van der Waals surface area contributed by atoms with Gasteiger partial charge in [0.25, 0.3) is 5.91 Å². The van der Waals surface area contributed by atoms with Gasteiger partial charge < -0.3 is 20.7 Å². The van der Waals surface area contributed by atoms with Crippen LogP contribution in [0.5, 0.6) is 5.75 Å². The minimum absolute atomic E-state index is 0.0452. The van der Waals surface area contributed by atoms with Crippen LogP contribution in [0, 0.1) is 0 Å². The van der Waals surface area contributed by atoms with Crippen molar-refractivity contribution in [3.63, 3.8) is 0 Å². The van der Waals surface area contributed by atoms with Gasteiger partial charge in [0.2, 0.25) is 5.91 Å². The maximum atomic E-state index is 12.2. The molecule has 0 atom stereocenters. The summed E-state index contributed by atoms with van der Waals surface area (Å²) in [5, 5.41) is 8.60. The number of para-hydroxylation sites is 2. The van der Waals surface area contributed by atoms with E-state index in [1.54, 1.807) is 24.3 Å². The maximum Gasteiger partial charge on any atom is 0.251 e. The number of rotatable bonds is 8. The largest absolute Gasteiger partial charge is 0.489 e. The first kappa shape index (κ1) is 19.3. The van der Waals surface area contributed by atoms with Crippen molar-refractivity contribution in [1.29, 1.82) is 0 Å². The van der Waals surface area contributed by atoms with Gasteiger partial charge in [-0.05, 0) is 51.1 Å². The van der Waals surface area contributed by atoms with Gasteiger partial charge in [0, 0.05) is 17.8 Å². The Morgan fingerprint density at radius 1 is 1.08 bits per heavy atom. The van der Waals surface area contributed by atoms with Gasteiger partial charge in [0.1, 0.15) is 5.75 Å². The molecule has 0 heterocycles. The lowest BCUT2D eigenvalue weighted by Gasteiger charge is -2.15. The number of anilines is 2. The predicted octanol–water partition coefficient (Wildman–Crippen LogP) is 3.27. The van der Waals surface area contributed by atoms with E-state index < -0.39 is 0 Å². The molecule has 0 fully saturated rings. The second kappa shape index (κ2) is 9.46. The minimum Gasteiger partial charge on any atom is -0.489 e. The Morgan fingerprint density at radius 2 is 1.85 bits per heavy atom. The number of nitrogens with one attached hydrogen (secondary N) is 3. The van der Waals surface area contributed by atoms with E-state index in [0.717, 1.165) is 5.69 Å². The van der Waals surface area contributed by atoms with Crippen molar-refractivity contribution in [2.75, 3.05) is 23.7 Å². The van der Waals surface area contributed by atoms with E-state index in [0.29, 0.717) is 23.5 Å². The average Bonchev–Trinajstić information content (AvgIpc) is 2.61. The molecule has 3 N–H and O–H groups in total. The van der Waals surface area contributed by atoms with Gasteiger partial charge in [-0.3, -0.25) is 9.59 Å². The van der Waals surface area contributed by atoms with Crippen LogP contribution >= 0.6 is 0 Å². The quantitative estimate of drug-likeness (QED) is 0.679. The number of carbonyl (C=O) groups is 2. The molecule has 2 aromatic carbocycles. The van der Waals surface area contributed by atoms with Crippen molar-refractivity contribution in [2.24, 2.45) is 0 Å². The molecule has 0 unspecified atom stereocenters. The number of ether oxygens (including phenoxy) is 1. The van der Waals surface area contributed by atoms with Crippen LogP contribution in [-0.2, 0) is 4.79 Å². The zero-order valence-electron chi connectivity index (χ0n) is 15.3. The normalized spacial score (nSPS) is 10.3. The van der Waals surface area contributed by atoms with Gasteiger partial charge >= 0.3 is 0 Å². The smallest absolute Gasteiger partial charge is 0.251 e. The fourth-order valence-electron chi connectivity index (χ4n) is 2.35. The van der Waals surface area contributed by atoms with Crippen molar-refractivity contribution in [2.45, 2.75) is 26.9 Å². The zero-order chi connectivity index (χ0) is 18.9. The average molecular weight is 355 g/mol. The fourth-order valence-corrected chi connectivity index (χ4v) is 2.35. The Hall–Kier alpha value is -3.02. The van der Waals surface area contributed by atoms with Crippen LogP contribution in [0.15, 0.2) is 48.5 Å². The maximum absolute atomic E-state index is 12.2. The molecule has 0 aromatic heterocycles. The van der Waals surface area contributed by atoms with Crippen LogP contribution in [0.3, 0.4) is 0 Å². The Bertz CT molecular complexity index is 759. The highest BCUT2D eigenvalue weighted by Gasteiger charge is 2.09. The molecule has 0 spiro atoms. The predicted molar refractivity (Wildman–Crippen MR) is 104 cm³/mol. The molecule has 0 bridgehead atoms. The number of hydrogen-bond donors (Lipinski definition) is 3. The molecule has 0 radical (unpaired) electrons. The Morgan fingerprint density at radius 3 is 2.58 bits per heavy atom. The lowest BCUT2D eigenvalue weighted by atomic mass is 10.2. The second-order valence-electron chi connectivity index (χ2n) is 6.00. The van der Waals surface area contributed by atoms with E-state index in [4.69, 9.17) is 4.74 Å². The van der Waals surface area contributed by atoms with E-state index >= 15 is 0 Å². The van der Waals surface area contributed by atoms with Gasteiger partial charge in [-0.1, -0.05) is 18.2 Å². The summed E-state index contributed by atoms with van der Waals surface area (Å²) in [5.41, 5.74) is 1.84. The van der Waals surface area contributed by atoms with Crippen molar-refractivity contribution in [3.8, 4) is 5.75 Å². The van der Waals surface area contributed by atoms with E-state index in [1.807, 2.05) is 45.0 Å². The van der Waals surface area contributed by atoms with E-state index in [2.05, 4.69) is 16.0 Å². The van der Waals surface area contributed by atoms with Crippen molar-refractivity contribution in [1.82, 2.24) is 5.32 Å². The molecule has 0 aliphatic heterocycles. The summed E-state index contributed by atoms with van der Waals surface area (Å²) in [5.74, 6) is 0.326. The first-order valence-electron chi connectivity index (χ1n) is 8.67. The first-order chi connectivity index (χ1) is 12.5. The minimum atomic E-state index is -0.211. The Labute approximate surface area is 153 Å². The lowest BCUT2D eigenvalue weighted by molar-refractivity contribution is -0.114. The standard InChI is InChI=1S/C20H25N3O3/c1-4-21-20(25)15-8-7-9-16(12-15)23-19(24)13-22-17-10-5-6-11-18(17)26-14(2)3/h5-12,14,22H,4,13H2,1-3H3,(H,21,25)(H,23,24). The molecule has 0 saturated carbocycles. The Kier molecular flexibility index (Phi) is 7.02. The molecule has 0 saturated heterocycles. The van der Waals surface area contributed by atoms with E-state index in [1.165, 1.54) is 0 Å². The van der Waals surface area contributed by atoms with Crippen LogP contribution in [0.1, 0.15) is 31.1 Å². The number of hydrogen-bond acceptors (Lipinski definition) is 4. The highest BCUT2D eigenvalue weighted by atomic mass is 16.5. The summed E-state index contributed by atoms with van der Waals surface area (Å²) in [4.78, 5) is 24.1. The molecule has 0 aliphatic carbocycles. The van der Waals surface area contributed by atoms with Crippen LogP contribution in [0.4, 0.5) is 11.4 Å². The summed E-state index contributed by atoms with van der Waals surface area (Å²) in [7, 11) is 0. The van der Waals surface area contributed by atoms with Crippen molar-refractivity contribution >= 4 is 23.2 Å². The molecule has 2 amide bonds. The molecular weight excluding hydrogens is 330 g/mol. The molecule has 138 valence electrons. The topological polar surface area (TPSA) is 79.5 Å². The molecule has 6 heteroatoms. The molecule has 6 nitrogen and oxygen atoms in total. The molecular formula is C20H25N3O3. The van der Waals surface area contributed by atoms with Crippen LogP contribution in [-0.4, -0.2) is 31.0 Å². The number of amides is 2. The summed E-state index contributed by atoms with van der Waals surface area (Å²) >= 11 is 0.